The number of sulfone groups is 2. The molecule has 1 aromatic rings. The van der Waals surface area contributed by atoms with E-state index in [1.807, 2.05) is 0 Å². The number of anilines is 1. The van der Waals surface area contributed by atoms with Crippen molar-refractivity contribution < 1.29 is 16.8 Å². The molecule has 0 unspecified atom stereocenters. The molecule has 0 aliphatic carbocycles. The van der Waals surface area contributed by atoms with Crippen molar-refractivity contribution in [3.8, 4) is 0 Å². The molecule has 0 amide bonds. The molecule has 0 heterocycles. The van der Waals surface area contributed by atoms with Gasteiger partial charge in [-0.1, -0.05) is 6.92 Å². The minimum Gasteiger partial charge on any atom is -0.385 e. The van der Waals surface area contributed by atoms with E-state index in [0.717, 1.165) is 5.69 Å². The number of rotatable bonds is 7. The second kappa shape index (κ2) is 6.38. The van der Waals surface area contributed by atoms with Gasteiger partial charge in [0.05, 0.1) is 16.4 Å². The fraction of sp³-hybridized carbons (Fsp3) is 0.500. The molecule has 0 aliphatic rings. The number of hydrogen-bond donors (Lipinski definition) is 1. The molecule has 0 saturated carbocycles. The first-order valence-corrected chi connectivity index (χ1v) is 9.70. The lowest BCUT2D eigenvalue weighted by Crippen LogP contribution is -2.10. The molecule has 0 fully saturated rings. The van der Waals surface area contributed by atoms with Gasteiger partial charge in [0.25, 0.3) is 0 Å². The molecule has 0 saturated heterocycles. The summed E-state index contributed by atoms with van der Waals surface area (Å²) in [6.07, 6.45) is 1.73. The molecule has 0 aliphatic heterocycles. The van der Waals surface area contributed by atoms with Gasteiger partial charge in [0.15, 0.2) is 9.84 Å². The highest BCUT2D eigenvalue weighted by atomic mass is 32.2. The highest BCUT2D eigenvalue weighted by Gasteiger charge is 2.10. The van der Waals surface area contributed by atoms with E-state index >= 15 is 0 Å². The Balaban J connectivity index is 2.54. The van der Waals surface area contributed by atoms with Crippen LogP contribution in [-0.2, 0) is 19.7 Å². The molecular weight excluding hydrogens is 286 g/mol. The Kier molecular flexibility index (Phi) is 5.37. The van der Waals surface area contributed by atoms with Gasteiger partial charge in [-0.3, -0.25) is 0 Å². The number of hydrogen-bond acceptors (Lipinski definition) is 5. The summed E-state index contributed by atoms with van der Waals surface area (Å²) in [5, 5.41) is 3.05. The fourth-order valence-corrected chi connectivity index (χ4v) is 3.07. The van der Waals surface area contributed by atoms with Crippen molar-refractivity contribution in [1.82, 2.24) is 0 Å². The van der Waals surface area contributed by atoms with Gasteiger partial charge in [0.2, 0.25) is 0 Å². The van der Waals surface area contributed by atoms with E-state index in [1.165, 1.54) is 6.26 Å². The van der Waals surface area contributed by atoms with Crippen molar-refractivity contribution in [2.24, 2.45) is 0 Å². The second-order valence-corrected chi connectivity index (χ2v) is 8.88. The maximum atomic E-state index is 11.6. The third-order valence-corrected chi connectivity index (χ3v) is 5.40. The Labute approximate surface area is 114 Å². The molecule has 1 aromatic carbocycles. The zero-order valence-electron chi connectivity index (χ0n) is 11.1. The van der Waals surface area contributed by atoms with Crippen LogP contribution in [0.4, 0.5) is 5.69 Å². The third kappa shape index (κ3) is 5.61. The summed E-state index contributed by atoms with van der Waals surface area (Å²) in [7, 11) is -6.09. The van der Waals surface area contributed by atoms with Crippen molar-refractivity contribution in [1.29, 1.82) is 0 Å². The van der Waals surface area contributed by atoms with Crippen LogP contribution < -0.4 is 5.32 Å². The molecular formula is C12H19NO4S2. The van der Waals surface area contributed by atoms with Crippen LogP contribution >= 0.6 is 0 Å². The molecule has 7 heteroatoms. The quantitative estimate of drug-likeness (QED) is 0.769. The highest BCUT2D eigenvalue weighted by molar-refractivity contribution is 7.91. The molecule has 0 spiro atoms. The Bertz CT molecular complexity index is 604. The molecule has 19 heavy (non-hydrogen) atoms. The fourth-order valence-electron chi connectivity index (χ4n) is 1.51. The minimum atomic E-state index is -3.17. The van der Waals surface area contributed by atoms with Crippen LogP contribution in [0.2, 0.25) is 0 Å². The molecule has 1 N–H and O–H groups in total. The van der Waals surface area contributed by atoms with Gasteiger partial charge in [0.1, 0.15) is 9.84 Å². The van der Waals surface area contributed by atoms with E-state index < -0.39 is 19.7 Å². The van der Waals surface area contributed by atoms with Gasteiger partial charge >= 0.3 is 0 Å². The monoisotopic (exact) mass is 305 g/mol. The summed E-state index contributed by atoms with van der Waals surface area (Å²) in [5.74, 6) is 0.219. The lowest BCUT2D eigenvalue weighted by molar-refractivity contribution is 0.596. The standard InChI is InChI=1S/C12H19NO4S2/c1-3-19(16,17)12-7-5-11(6-8-12)13-9-4-10-18(2,14)15/h5-8,13H,3-4,9-10H2,1-2H3. The van der Waals surface area contributed by atoms with Gasteiger partial charge in [-0.25, -0.2) is 16.8 Å². The summed E-state index contributed by atoms with van der Waals surface area (Å²) in [4.78, 5) is 0.302. The molecule has 1 rings (SSSR count). The van der Waals surface area contributed by atoms with E-state index in [1.54, 1.807) is 31.2 Å². The molecule has 0 atom stereocenters. The average molecular weight is 305 g/mol. The van der Waals surface area contributed by atoms with E-state index in [2.05, 4.69) is 5.32 Å². The van der Waals surface area contributed by atoms with Gasteiger partial charge in [-0.2, -0.15) is 0 Å². The predicted molar refractivity (Wildman–Crippen MR) is 77.0 cm³/mol. The molecule has 0 aromatic heterocycles. The van der Waals surface area contributed by atoms with E-state index in [4.69, 9.17) is 0 Å². The normalized spacial score (nSPS) is 12.3. The van der Waals surface area contributed by atoms with Crippen LogP contribution in [0.15, 0.2) is 29.2 Å². The number of nitrogens with one attached hydrogen (secondary N) is 1. The van der Waals surface area contributed by atoms with Crippen molar-refractivity contribution in [3.05, 3.63) is 24.3 Å². The van der Waals surface area contributed by atoms with Crippen LogP contribution in [0, 0.1) is 0 Å². The predicted octanol–water partition coefficient (Wildman–Crippen LogP) is 1.33. The lowest BCUT2D eigenvalue weighted by atomic mass is 10.3. The van der Waals surface area contributed by atoms with Crippen LogP contribution in [0.3, 0.4) is 0 Å². The summed E-state index contributed by atoms with van der Waals surface area (Å²) >= 11 is 0. The van der Waals surface area contributed by atoms with Crippen molar-refractivity contribution in [3.63, 3.8) is 0 Å². The Morgan fingerprint density at radius 2 is 1.63 bits per heavy atom. The zero-order valence-corrected chi connectivity index (χ0v) is 12.7. The SMILES string of the molecule is CCS(=O)(=O)c1ccc(NCCCS(C)(=O)=O)cc1. The van der Waals surface area contributed by atoms with Crippen LogP contribution in [0.1, 0.15) is 13.3 Å². The first kappa shape index (κ1) is 16.0. The molecule has 0 bridgehead atoms. The Morgan fingerprint density at radius 1 is 1.05 bits per heavy atom. The second-order valence-electron chi connectivity index (χ2n) is 4.34. The topological polar surface area (TPSA) is 80.3 Å². The number of benzene rings is 1. The average Bonchev–Trinajstić information content (AvgIpc) is 2.34. The Hall–Kier alpha value is -1.08. The Morgan fingerprint density at radius 3 is 2.11 bits per heavy atom. The first-order valence-electron chi connectivity index (χ1n) is 5.99. The van der Waals surface area contributed by atoms with Crippen molar-refractivity contribution >= 4 is 25.4 Å². The highest BCUT2D eigenvalue weighted by Crippen LogP contribution is 2.15. The molecule has 5 nitrogen and oxygen atoms in total. The largest absolute Gasteiger partial charge is 0.385 e. The maximum Gasteiger partial charge on any atom is 0.178 e. The van der Waals surface area contributed by atoms with Gasteiger partial charge in [-0.15, -0.1) is 0 Å². The van der Waals surface area contributed by atoms with Crippen LogP contribution in [0.25, 0.3) is 0 Å². The summed E-state index contributed by atoms with van der Waals surface area (Å²) in [6, 6.07) is 6.47. The zero-order chi connectivity index (χ0) is 14.5. The lowest BCUT2D eigenvalue weighted by Gasteiger charge is -2.07. The summed E-state index contributed by atoms with van der Waals surface area (Å²) < 4.78 is 45.1. The van der Waals surface area contributed by atoms with Crippen LogP contribution in [0.5, 0.6) is 0 Å². The van der Waals surface area contributed by atoms with Crippen molar-refractivity contribution in [2.45, 2.75) is 18.2 Å². The summed E-state index contributed by atoms with van der Waals surface area (Å²) in [5.41, 5.74) is 0.781. The smallest absolute Gasteiger partial charge is 0.178 e. The van der Waals surface area contributed by atoms with E-state index in [0.29, 0.717) is 17.9 Å². The molecule has 0 radical (unpaired) electrons. The van der Waals surface area contributed by atoms with Crippen molar-refractivity contribution in [2.75, 3.05) is 29.6 Å². The van der Waals surface area contributed by atoms with E-state index in [9.17, 15) is 16.8 Å². The summed E-state index contributed by atoms with van der Waals surface area (Å²) in [6.45, 7) is 2.14. The van der Waals surface area contributed by atoms with E-state index in [-0.39, 0.29) is 11.5 Å². The van der Waals surface area contributed by atoms with Gasteiger partial charge in [-0.05, 0) is 30.7 Å². The molecule has 108 valence electrons. The van der Waals surface area contributed by atoms with Gasteiger partial charge in [0, 0.05) is 18.5 Å². The minimum absolute atomic E-state index is 0.0775. The maximum absolute atomic E-state index is 11.6. The first-order chi connectivity index (χ1) is 8.74. The van der Waals surface area contributed by atoms with Gasteiger partial charge < -0.3 is 5.32 Å². The van der Waals surface area contributed by atoms with Crippen LogP contribution in [-0.4, -0.2) is 41.1 Å². The third-order valence-electron chi connectivity index (χ3n) is 2.61.